The average Bonchev–Trinajstić information content (AvgIpc) is 2.72. The second kappa shape index (κ2) is 9.65. The first-order valence-electron chi connectivity index (χ1n) is 10.5. The van der Waals surface area contributed by atoms with E-state index in [0.29, 0.717) is 6.42 Å². The van der Waals surface area contributed by atoms with Gasteiger partial charge in [0.1, 0.15) is 6.61 Å². The summed E-state index contributed by atoms with van der Waals surface area (Å²) in [6, 6.07) is 15.2. The van der Waals surface area contributed by atoms with Crippen LogP contribution in [0.15, 0.2) is 48.5 Å². The summed E-state index contributed by atoms with van der Waals surface area (Å²) >= 11 is 0. The standard InChI is InChI=1S/C24H30N2O4/c1-5-19-14-21(25-23(27)29-15-18-9-7-6-8-10-18)20-13-17(4)11-12-22(20)26(19)24(28)30-16(2)3/h6-13,16,19,21H,5,14-15H2,1-4H3,(H,25,27)/t19-,21+/m1/s1. The van der Waals surface area contributed by atoms with Crippen LogP contribution in [-0.4, -0.2) is 24.3 Å². The Morgan fingerprint density at radius 3 is 2.57 bits per heavy atom. The van der Waals surface area contributed by atoms with E-state index in [-0.39, 0.29) is 30.9 Å². The summed E-state index contributed by atoms with van der Waals surface area (Å²) in [5, 5.41) is 3.00. The van der Waals surface area contributed by atoms with E-state index in [1.54, 1.807) is 4.90 Å². The molecule has 0 aliphatic carbocycles. The lowest BCUT2D eigenvalue weighted by atomic mass is 9.89. The maximum Gasteiger partial charge on any atom is 0.414 e. The molecule has 0 radical (unpaired) electrons. The van der Waals surface area contributed by atoms with Crippen LogP contribution in [0, 0.1) is 6.92 Å². The van der Waals surface area contributed by atoms with Gasteiger partial charge in [-0.05, 0) is 50.8 Å². The number of benzene rings is 2. The Hall–Kier alpha value is -3.02. The number of anilines is 1. The van der Waals surface area contributed by atoms with Crippen LogP contribution in [-0.2, 0) is 16.1 Å². The lowest BCUT2D eigenvalue weighted by Crippen LogP contribution is -2.48. The first-order valence-corrected chi connectivity index (χ1v) is 10.5. The fourth-order valence-corrected chi connectivity index (χ4v) is 3.77. The number of hydrogen-bond acceptors (Lipinski definition) is 4. The molecule has 2 aromatic carbocycles. The van der Waals surface area contributed by atoms with E-state index in [1.807, 2.05) is 76.2 Å². The predicted molar refractivity (Wildman–Crippen MR) is 116 cm³/mol. The number of rotatable bonds is 5. The Bertz CT molecular complexity index is 882. The summed E-state index contributed by atoms with van der Waals surface area (Å²) in [6.45, 7) is 7.92. The first kappa shape index (κ1) is 21.7. The maximum atomic E-state index is 12.8. The monoisotopic (exact) mass is 410 g/mol. The lowest BCUT2D eigenvalue weighted by Gasteiger charge is -2.40. The molecule has 0 bridgehead atoms. The second-order valence-corrected chi connectivity index (χ2v) is 7.92. The van der Waals surface area contributed by atoms with Crippen molar-refractivity contribution in [3.63, 3.8) is 0 Å². The van der Waals surface area contributed by atoms with Crippen LogP contribution in [0.25, 0.3) is 0 Å². The summed E-state index contributed by atoms with van der Waals surface area (Å²) in [5.41, 5.74) is 3.67. The highest BCUT2D eigenvalue weighted by molar-refractivity contribution is 5.90. The largest absolute Gasteiger partial charge is 0.446 e. The molecule has 0 unspecified atom stereocenters. The Morgan fingerprint density at radius 1 is 1.17 bits per heavy atom. The van der Waals surface area contributed by atoms with Crippen LogP contribution in [0.3, 0.4) is 0 Å². The molecule has 0 aromatic heterocycles. The third-order valence-corrected chi connectivity index (χ3v) is 5.20. The number of aryl methyl sites for hydroxylation is 1. The topological polar surface area (TPSA) is 67.9 Å². The van der Waals surface area contributed by atoms with Crippen LogP contribution in [0.5, 0.6) is 0 Å². The number of alkyl carbamates (subject to hydrolysis) is 1. The number of amides is 2. The molecule has 0 saturated carbocycles. The second-order valence-electron chi connectivity index (χ2n) is 7.92. The summed E-state index contributed by atoms with van der Waals surface area (Å²) < 4.78 is 10.9. The van der Waals surface area contributed by atoms with E-state index < -0.39 is 6.09 Å². The molecule has 160 valence electrons. The molecule has 1 heterocycles. The molecular weight excluding hydrogens is 380 g/mol. The lowest BCUT2D eigenvalue weighted by molar-refractivity contribution is 0.118. The fourth-order valence-electron chi connectivity index (χ4n) is 3.77. The SMILES string of the molecule is CC[C@@H]1C[C@H](NC(=O)OCc2ccccc2)c2cc(C)ccc2N1C(=O)OC(C)C. The Kier molecular flexibility index (Phi) is 6.98. The summed E-state index contributed by atoms with van der Waals surface area (Å²) in [7, 11) is 0. The van der Waals surface area contributed by atoms with Crippen LogP contribution >= 0.6 is 0 Å². The molecule has 0 fully saturated rings. The van der Waals surface area contributed by atoms with E-state index in [2.05, 4.69) is 5.32 Å². The number of nitrogens with zero attached hydrogens (tertiary/aromatic N) is 1. The van der Waals surface area contributed by atoms with Gasteiger partial charge in [0.05, 0.1) is 17.8 Å². The summed E-state index contributed by atoms with van der Waals surface area (Å²) in [4.78, 5) is 27.0. The molecular formula is C24H30N2O4. The number of carbonyl (C=O) groups is 2. The summed E-state index contributed by atoms with van der Waals surface area (Å²) in [6.07, 6.45) is 0.322. The van der Waals surface area contributed by atoms with Gasteiger partial charge in [-0.1, -0.05) is 55.0 Å². The van der Waals surface area contributed by atoms with Crippen molar-refractivity contribution in [1.29, 1.82) is 0 Å². The quantitative estimate of drug-likeness (QED) is 0.707. The van der Waals surface area contributed by atoms with Crippen LogP contribution in [0.4, 0.5) is 15.3 Å². The van der Waals surface area contributed by atoms with Crippen molar-refractivity contribution in [3.05, 3.63) is 65.2 Å². The average molecular weight is 411 g/mol. The molecule has 3 rings (SSSR count). The Balaban J connectivity index is 1.80. The highest BCUT2D eigenvalue weighted by atomic mass is 16.6. The summed E-state index contributed by atoms with van der Waals surface area (Å²) in [5.74, 6) is 0. The third-order valence-electron chi connectivity index (χ3n) is 5.20. The maximum absolute atomic E-state index is 12.8. The predicted octanol–water partition coefficient (Wildman–Crippen LogP) is 5.50. The van der Waals surface area contributed by atoms with Gasteiger partial charge in [-0.2, -0.15) is 0 Å². The number of nitrogens with one attached hydrogen (secondary N) is 1. The third kappa shape index (κ3) is 5.12. The van der Waals surface area contributed by atoms with Crippen molar-refractivity contribution in [2.45, 2.75) is 65.3 Å². The first-order chi connectivity index (χ1) is 14.4. The number of hydrogen-bond donors (Lipinski definition) is 1. The van der Waals surface area contributed by atoms with Crippen molar-refractivity contribution in [1.82, 2.24) is 5.32 Å². The highest BCUT2D eigenvalue weighted by Crippen LogP contribution is 2.39. The van der Waals surface area contributed by atoms with Crippen molar-refractivity contribution in [2.75, 3.05) is 4.90 Å². The number of carbonyl (C=O) groups excluding carboxylic acids is 2. The van der Waals surface area contributed by atoms with E-state index in [0.717, 1.165) is 28.8 Å². The van der Waals surface area contributed by atoms with Crippen molar-refractivity contribution >= 4 is 17.9 Å². The molecule has 0 saturated heterocycles. The molecule has 2 amide bonds. The van der Waals surface area contributed by atoms with Gasteiger partial charge in [0, 0.05) is 6.04 Å². The van der Waals surface area contributed by atoms with E-state index in [1.165, 1.54) is 0 Å². The normalized spacial score (nSPS) is 18.0. The molecule has 0 spiro atoms. The Labute approximate surface area is 178 Å². The van der Waals surface area contributed by atoms with Gasteiger partial charge in [0.2, 0.25) is 0 Å². The molecule has 1 aliphatic heterocycles. The number of fused-ring (bicyclic) bond motifs is 1. The van der Waals surface area contributed by atoms with Crippen LogP contribution in [0.1, 0.15) is 56.3 Å². The minimum absolute atomic E-state index is 0.0779. The van der Waals surface area contributed by atoms with E-state index in [4.69, 9.17) is 9.47 Å². The number of ether oxygens (including phenoxy) is 2. The van der Waals surface area contributed by atoms with Crippen molar-refractivity contribution in [2.24, 2.45) is 0 Å². The van der Waals surface area contributed by atoms with Gasteiger partial charge in [-0.15, -0.1) is 0 Å². The molecule has 1 N–H and O–H groups in total. The van der Waals surface area contributed by atoms with Crippen LogP contribution in [0.2, 0.25) is 0 Å². The molecule has 1 aliphatic rings. The van der Waals surface area contributed by atoms with Gasteiger partial charge < -0.3 is 14.8 Å². The zero-order chi connectivity index (χ0) is 21.7. The van der Waals surface area contributed by atoms with Gasteiger partial charge >= 0.3 is 12.2 Å². The van der Waals surface area contributed by atoms with Crippen molar-refractivity contribution < 1.29 is 19.1 Å². The zero-order valence-corrected chi connectivity index (χ0v) is 18.1. The fraction of sp³-hybridized carbons (Fsp3) is 0.417. The molecule has 2 atom stereocenters. The van der Waals surface area contributed by atoms with Gasteiger partial charge in [0.15, 0.2) is 0 Å². The van der Waals surface area contributed by atoms with Crippen molar-refractivity contribution in [3.8, 4) is 0 Å². The van der Waals surface area contributed by atoms with E-state index in [9.17, 15) is 9.59 Å². The zero-order valence-electron chi connectivity index (χ0n) is 18.1. The molecule has 30 heavy (non-hydrogen) atoms. The minimum Gasteiger partial charge on any atom is -0.446 e. The highest BCUT2D eigenvalue weighted by Gasteiger charge is 2.37. The van der Waals surface area contributed by atoms with E-state index >= 15 is 0 Å². The minimum atomic E-state index is -0.468. The van der Waals surface area contributed by atoms with Gasteiger partial charge in [-0.3, -0.25) is 4.90 Å². The smallest absolute Gasteiger partial charge is 0.414 e. The molecule has 6 heteroatoms. The van der Waals surface area contributed by atoms with Crippen LogP contribution < -0.4 is 10.2 Å². The molecule has 6 nitrogen and oxygen atoms in total. The molecule has 2 aromatic rings. The van der Waals surface area contributed by atoms with Gasteiger partial charge in [-0.25, -0.2) is 9.59 Å². The Morgan fingerprint density at radius 2 is 1.90 bits per heavy atom. The van der Waals surface area contributed by atoms with Gasteiger partial charge in [0.25, 0.3) is 0 Å².